The van der Waals surface area contributed by atoms with Gasteiger partial charge in [-0.3, -0.25) is 0 Å². The van der Waals surface area contributed by atoms with Gasteiger partial charge in [0.1, 0.15) is 9.80 Å². The summed E-state index contributed by atoms with van der Waals surface area (Å²) < 4.78 is 16.5. The smallest absolute Gasteiger partial charge is 0.370 e. The normalized spacial score (nSPS) is 24.1. The first-order valence-corrected chi connectivity index (χ1v) is 6.75. The number of hydrogen-bond acceptors (Lipinski definition) is 3. The lowest BCUT2D eigenvalue weighted by atomic mass is 10.4. The van der Waals surface area contributed by atoms with Crippen LogP contribution in [0, 0.1) is 0 Å². The lowest BCUT2D eigenvalue weighted by Gasteiger charge is -2.27. The fraction of sp³-hybridized carbons (Fsp3) is 0.778. The summed E-state index contributed by atoms with van der Waals surface area (Å²) in [5.74, 6) is 2.88. The van der Waals surface area contributed by atoms with E-state index in [1.807, 2.05) is 7.05 Å². The highest BCUT2D eigenvalue weighted by Gasteiger charge is 2.30. The number of rotatable bonds is 3. The van der Waals surface area contributed by atoms with Crippen LogP contribution < -0.4 is 0 Å². The number of carbonyl (C=O) groups excluding carboxylic acids is 1. The van der Waals surface area contributed by atoms with Crippen LogP contribution in [0.5, 0.6) is 0 Å². The van der Waals surface area contributed by atoms with E-state index >= 15 is 0 Å². The standard InChI is InChI=1S/C9H18NO3S/c1-10(6-4-5-7-10)8-9(11)13-14(2,3)12/h2,4-8H2,1,3H3/q+1. The molecule has 0 amide bonds. The van der Waals surface area contributed by atoms with Crippen LogP contribution in [-0.4, -0.2) is 53.5 Å². The molecule has 4 nitrogen and oxygen atoms in total. The van der Waals surface area contributed by atoms with Crippen LogP contribution in [0.2, 0.25) is 0 Å². The lowest BCUT2D eigenvalue weighted by Crippen LogP contribution is -2.45. The molecule has 0 bridgehead atoms. The monoisotopic (exact) mass is 220 g/mol. The summed E-state index contributed by atoms with van der Waals surface area (Å²) in [6.07, 6.45) is 3.63. The summed E-state index contributed by atoms with van der Waals surface area (Å²) in [6.45, 7) is 2.30. The zero-order valence-corrected chi connectivity index (χ0v) is 9.64. The fourth-order valence-electron chi connectivity index (χ4n) is 1.79. The highest BCUT2D eigenvalue weighted by Crippen LogP contribution is 2.16. The molecule has 0 aromatic carbocycles. The summed E-state index contributed by atoms with van der Waals surface area (Å²) in [7, 11) is -0.629. The largest absolute Gasteiger partial charge is 0.375 e. The SMILES string of the molecule is C=S(C)(=O)OC(=O)C[N+]1(C)CCCC1. The van der Waals surface area contributed by atoms with Crippen molar-refractivity contribution in [1.82, 2.24) is 0 Å². The molecule has 0 spiro atoms. The lowest BCUT2D eigenvalue weighted by molar-refractivity contribution is -0.890. The van der Waals surface area contributed by atoms with Gasteiger partial charge in [-0.25, -0.2) is 9.00 Å². The van der Waals surface area contributed by atoms with Crippen molar-refractivity contribution < 1.29 is 17.7 Å². The molecule has 1 fully saturated rings. The summed E-state index contributed by atoms with van der Waals surface area (Å²) in [5, 5.41) is 0. The third kappa shape index (κ3) is 3.67. The highest BCUT2D eigenvalue weighted by molar-refractivity contribution is 7.95. The van der Waals surface area contributed by atoms with Gasteiger partial charge in [0.05, 0.1) is 20.1 Å². The second kappa shape index (κ2) is 3.90. The summed E-state index contributed by atoms with van der Waals surface area (Å²) in [4.78, 5) is 11.4. The maximum atomic E-state index is 11.4. The minimum Gasteiger partial charge on any atom is -0.370 e. The van der Waals surface area contributed by atoms with Gasteiger partial charge in [0.15, 0.2) is 6.54 Å². The predicted octanol–water partition coefficient (Wildman–Crippen LogP) is 0.0312. The number of hydrogen-bond donors (Lipinski definition) is 0. The molecule has 0 aliphatic carbocycles. The first-order valence-electron chi connectivity index (χ1n) is 4.69. The quantitative estimate of drug-likeness (QED) is 0.498. The van der Waals surface area contributed by atoms with E-state index in [1.54, 1.807) is 0 Å². The Balaban J connectivity index is 2.48. The average molecular weight is 220 g/mol. The zero-order chi connectivity index (χ0) is 10.8. The molecule has 5 heteroatoms. The fourth-order valence-corrected chi connectivity index (χ4v) is 2.24. The molecule has 0 radical (unpaired) electrons. The van der Waals surface area contributed by atoms with Gasteiger partial charge in [-0.05, 0) is 5.87 Å². The number of carbonyl (C=O) groups is 1. The Hall–Kier alpha value is -0.550. The number of likely N-dealkylation sites (tertiary alicyclic amines) is 1. The van der Waals surface area contributed by atoms with Crippen LogP contribution in [0.4, 0.5) is 0 Å². The molecule has 1 rings (SSSR count). The predicted molar refractivity (Wildman–Crippen MR) is 57.3 cm³/mol. The van der Waals surface area contributed by atoms with Crippen LogP contribution in [0.15, 0.2) is 0 Å². The minimum absolute atomic E-state index is 0.306. The van der Waals surface area contributed by atoms with E-state index in [1.165, 1.54) is 6.26 Å². The maximum Gasteiger partial charge on any atom is 0.375 e. The Kier molecular flexibility index (Phi) is 3.21. The maximum absolute atomic E-state index is 11.4. The van der Waals surface area contributed by atoms with Gasteiger partial charge < -0.3 is 8.67 Å². The van der Waals surface area contributed by atoms with Crippen molar-refractivity contribution in [2.45, 2.75) is 12.8 Å². The molecule has 1 aliphatic heterocycles. The molecule has 0 aromatic rings. The van der Waals surface area contributed by atoms with Gasteiger partial charge in [-0.2, -0.15) is 0 Å². The Labute approximate surface area is 85.7 Å². The minimum atomic E-state index is -2.65. The number of quaternary nitrogens is 1. The van der Waals surface area contributed by atoms with Gasteiger partial charge in [0, 0.05) is 19.1 Å². The molecule has 1 saturated heterocycles. The van der Waals surface area contributed by atoms with E-state index in [0.29, 0.717) is 11.0 Å². The molecule has 1 atom stereocenters. The molecule has 0 N–H and O–H groups in total. The highest BCUT2D eigenvalue weighted by atomic mass is 32.2. The van der Waals surface area contributed by atoms with Gasteiger partial charge in [-0.15, -0.1) is 0 Å². The summed E-state index contributed by atoms with van der Waals surface area (Å²) in [5.41, 5.74) is 0. The van der Waals surface area contributed by atoms with Gasteiger partial charge >= 0.3 is 5.97 Å². The van der Waals surface area contributed by atoms with Crippen LogP contribution in [-0.2, 0) is 18.8 Å². The van der Waals surface area contributed by atoms with E-state index in [-0.39, 0.29) is 0 Å². The number of likely N-dealkylation sites (N-methyl/N-ethyl adjacent to an activating group) is 1. The second-order valence-electron chi connectivity index (χ2n) is 4.31. The molecule has 1 aliphatic rings. The van der Waals surface area contributed by atoms with Gasteiger partial charge in [0.25, 0.3) is 0 Å². The van der Waals surface area contributed by atoms with Crippen molar-refractivity contribution >= 4 is 21.6 Å². The van der Waals surface area contributed by atoms with Crippen molar-refractivity contribution in [3.8, 4) is 0 Å². The van der Waals surface area contributed by atoms with Crippen molar-refractivity contribution in [1.29, 1.82) is 0 Å². The second-order valence-corrected chi connectivity index (χ2v) is 6.33. The molecule has 1 heterocycles. The third-order valence-corrected chi connectivity index (χ3v) is 2.96. The van der Waals surface area contributed by atoms with E-state index in [2.05, 4.69) is 5.87 Å². The zero-order valence-electron chi connectivity index (χ0n) is 8.82. The molecular formula is C9H18NO3S+. The Bertz CT molecular complexity index is 315. The van der Waals surface area contributed by atoms with Crippen molar-refractivity contribution in [3.63, 3.8) is 0 Å². The summed E-state index contributed by atoms with van der Waals surface area (Å²) >= 11 is 0. The van der Waals surface area contributed by atoms with Crippen LogP contribution >= 0.6 is 0 Å². The molecular weight excluding hydrogens is 202 g/mol. The van der Waals surface area contributed by atoms with Crippen molar-refractivity contribution in [2.24, 2.45) is 0 Å². The van der Waals surface area contributed by atoms with E-state index in [4.69, 9.17) is 4.18 Å². The van der Waals surface area contributed by atoms with E-state index in [9.17, 15) is 9.00 Å². The third-order valence-electron chi connectivity index (χ3n) is 2.43. The molecule has 0 saturated carbocycles. The van der Waals surface area contributed by atoms with Gasteiger partial charge in [-0.1, -0.05) is 0 Å². The Morgan fingerprint density at radius 1 is 1.50 bits per heavy atom. The van der Waals surface area contributed by atoms with Crippen LogP contribution in [0.1, 0.15) is 12.8 Å². The summed E-state index contributed by atoms with van der Waals surface area (Å²) in [6, 6.07) is 0. The van der Waals surface area contributed by atoms with Crippen LogP contribution in [0.3, 0.4) is 0 Å². The van der Waals surface area contributed by atoms with Crippen molar-refractivity contribution in [2.75, 3.05) is 32.9 Å². The first-order chi connectivity index (χ1) is 6.31. The topological polar surface area (TPSA) is 43.4 Å². The van der Waals surface area contributed by atoms with Gasteiger partial charge in [0.2, 0.25) is 0 Å². The van der Waals surface area contributed by atoms with E-state index < -0.39 is 15.8 Å². The molecule has 0 aromatic heterocycles. The molecule has 1 unspecified atom stereocenters. The molecule has 82 valence electrons. The number of nitrogens with zero attached hydrogens (tertiary/aromatic N) is 1. The molecule has 14 heavy (non-hydrogen) atoms. The Morgan fingerprint density at radius 2 is 2.00 bits per heavy atom. The van der Waals surface area contributed by atoms with Crippen molar-refractivity contribution in [3.05, 3.63) is 0 Å². The van der Waals surface area contributed by atoms with Crippen LogP contribution in [0.25, 0.3) is 0 Å². The van der Waals surface area contributed by atoms with E-state index in [0.717, 1.165) is 25.9 Å². The first kappa shape index (κ1) is 11.5. The average Bonchev–Trinajstić information content (AvgIpc) is 2.30. The Morgan fingerprint density at radius 3 is 2.43 bits per heavy atom.